The number of rotatable bonds is 5. The lowest BCUT2D eigenvalue weighted by molar-refractivity contribution is -0.115. The number of benzene rings is 1. The molecule has 0 aliphatic rings. The van der Waals surface area contributed by atoms with E-state index in [1.807, 2.05) is 35.7 Å². The lowest BCUT2D eigenvalue weighted by atomic mass is 10.3. The summed E-state index contributed by atoms with van der Waals surface area (Å²) >= 11 is 2.65. The quantitative estimate of drug-likeness (QED) is 0.491. The van der Waals surface area contributed by atoms with Crippen LogP contribution in [0.4, 0.5) is 11.1 Å². The molecule has 4 rings (SSSR count). The number of hydrogen-bond donors (Lipinski definition) is 3. The summed E-state index contributed by atoms with van der Waals surface area (Å²) in [5.41, 5.74) is 2.23. The van der Waals surface area contributed by atoms with Gasteiger partial charge in [0.1, 0.15) is 0 Å². The lowest BCUT2D eigenvalue weighted by Crippen LogP contribution is -2.15. The van der Waals surface area contributed by atoms with Crippen LogP contribution in [0.3, 0.4) is 0 Å². The van der Waals surface area contributed by atoms with Crippen LogP contribution in [0.15, 0.2) is 47.2 Å². The zero-order valence-electron chi connectivity index (χ0n) is 13.4. The van der Waals surface area contributed by atoms with Crippen molar-refractivity contribution >= 4 is 56.6 Å². The number of amides is 2. The van der Waals surface area contributed by atoms with Crippen LogP contribution in [0, 0.1) is 0 Å². The molecule has 0 saturated carbocycles. The smallest absolute Gasteiger partial charge is 0.267 e. The molecule has 2 amide bonds. The van der Waals surface area contributed by atoms with E-state index in [0.717, 1.165) is 11.0 Å². The molecule has 9 heteroatoms. The highest BCUT2D eigenvalue weighted by Gasteiger charge is 2.13. The van der Waals surface area contributed by atoms with E-state index in [1.54, 1.807) is 11.4 Å². The van der Waals surface area contributed by atoms with Gasteiger partial charge in [-0.1, -0.05) is 18.2 Å². The van der Waals surface area contributed by atoms with Gasteiger partial charge in [0, 0.05) is 5.38 Å². The Labute approximate surface area is 156 Å². The number of fused-ring (bicyclic) bond motifs is 1. The number of aromatic nitrogens is 3. The van der Waals surface area contributed by atoms with E-state index in [2.05, 4.69) is 25.6 Å². The van der Waals surface area contributed by atoms with E-state index in [-0.39, 0.29) is 18.2 Å². The largest absolute Gasteiger partial charge is 0.324 e. The fraction of sp³-hybridized carbons (Fsp3) is 0.0588. The highest BCUT2D eigenvalue weighted by molar-refractivity contribution is 7.14. The van der Waals surface area contributed by atoms with Crippen LogP contribution < -0.4 is 10.6 Å². The Bertz CT molecular complexity index is 1030. The topological polar surface area (TPSA) is 99.8 Å². The van der Waals surface area contributed by atoms with Gasteiger partial charge in [0.2, 0.25) is 11.9 Å². The molecule has 0 unspecified atom stereocenters. The second-order valence-corrected chi connectivity index (χ2v) is 7.21. The third-order valence-electron chi connectivity index (χ3n) is 3.51. The third-order valence-corrected chi connectivity index (χ3v) is 5.18. The number of H-pyrrole nitrogens is 1. The molecule has 3 heterocycles. The first-order valence-corrected chi connectivity index (χ1v) is 9.47. The Morgan fingerprint density at radius 1 is 1.04 bits per heavy atom. The molecule has 26 heavy (non-hydrogen) atoms. The summed E-state index contributed by atoms with van der Waals surface area (Å²) in [5.74, 6) is -0.0317. The number of hydrogen-bond acceptors (Lipinski definition) is 6. The van der Waals surface area contributed by atoms with Crippen molar-refractivity contribution in [1.29, 1.82) is 0 Å². The first-order valence-electron chi connectivity index (χ1n) is 7.71. The molecule has 0 atom stereocenters. The molecule has 3 aromatic heterocycles. The third kappa shape index (κ3) is 3.63. The zero-order valence-corrected chi connectivity index (χ0v) is 15.0. The summed E-state index contributed by atoms with van der Waals surface area (Å²) in [4.78, 5) is 36.4. The molecule has 3 N–H and O–H groups in total. The monoisotopic (exact) mass is 383 g/mol. The second kappa shape index (κ2) is 7.06. The Balaban J connectivity index is 1.37. The fourth-order valence-corrected chi connectivity index (χ4v) is 3.69. The summed E-state index contributed by atoms with van der Waals surface area (Å²) in [5, 5.41) is 9.52. The van der Waals surface area contributed by atoms with Crippen molar-refractivity contribution in [2.45, 2.75) is 6.42 Å². The van der Waals surface area contributed by atoms with E-state index < -0.39 is 0 Å². The van der Waals surface area contributed by atoms with Crippen LogP contribution in [0.5, 0.6) is 0 Å². The highest BCUT2D eigenvalue weighted by atomic mass is 32.1. The fourth-order valence-electron chi connectivity index (χ4n) is 2.36. The van der Waals surface area contributed by atoms with Gasteiger partial charge < -0.3 is 4.98 Å². The predicted molar refractivity (Wildman–Crippen MR) is 103 cm³/mol. The Hall–Kier alpha value is -3.04. The van der Waals surface area contributed by atoms with Gasteiger partial charge in [-0.05, 0) is 23.6 Å². The van der Waals surface area contributed by atoms with Gasteiger partial charge in [0.15, 0.2) is 5.13 Å². The van der Waals surface area contributed by atoms with Gasteiger partial charge >= 0.3 is 0 Å². The molecule has 0 bridgehead atoms. The summed E-state index contributed by atoms with van der Waals surface area (Å²) in [6.07, 6.45) is 0.0996. The SMILES string of the molecule is O=C(Cc1csc(NC(=O)c2cccs2)n1)Nc1nc2ccccc2[nH]1. The van der Waals surface area contributed by atoms with Gasteiger partial charge in [0.25, 0.3) is 5.91 Å². The Kier molecular flexibility index (Phi) is 4.46. The molecular weight excluding hydrogens is 370 g/mol. The normalized spacial score (nSPS) is 10.8. The van der Waals surface area contributed by atoms with E-state index in [1.165, 1.54) is 22.7 Å². The van der Waals surface area contributed by atoms with Crippen LogP contribution >= 0.6 is 22.7 Å². The molecule has 0 aliphatic carbocycles. The summed E-state index contributed by atoms with van der Waals surface area (Å²) in [7, 11) is 0. The molecule has 0 saturated heterocycles. The van der Waals surface area contributed by atoms with Gasteiger partial charge in [-0.25, -0.2) is 9.97 Å². The predicted octanol–water partition coefficient (Wildman–Crippen LogP) is 3.51. The number of para-hydroxylation sites is 2. The molecule has 130 valence electrons. The number of carbonyl (C=O) groups is 2. The molecule has 4 aromatic rings. The maximum absolute atomic E-state index is 12.2. The summed E-state index contributed by atoms with van der Waals surface area (Å²) in [6, 6.07) is 11.1. The van der Waals surface area contributed by atoms with Gasteiger partial charge in [-0.15, -0.1) is 22.7 Å². The highest BCUT2D eigenvalue weighted by Crippen LogP contribution is 2.19. The number of carbonyl (C=O) groups excluding carboxylic acids is 2. The Morgan fingerprint density at radius 2 is 1.92 bits per heavy atom. The standard InChI is InChI=1S/C17H13N5O2S2/c23-14(21-16-19-11-4-1-2-5-12(11)20-16)8-10-9-26-17(18-10)22-15(24)13-6-3-7-25-13/h1-7,9H,8H2,(H,18,22,24)(H2,19,20,21,23). The van der Waals surface area contributed by atoms with Crippen molar-refractivity contribution < 1.29 is 9.59 Å². The van der Waals surface area contributed by atoms with Gasteiger partial charge in [-0.3, -0.25) is 20.2 Å². The van der Waals surface area contributed by atoms with Crippen molar-refractivity contribution in [2.24, 2.45) is 0 Å². The molecule has 0 spiro atoms. The van der Waals surface area contributed by atoms with Gasteiger partial charge in [-0.2, -0.15) is 0 Å². The zero-order chi connectivity index (χ0) is 17.9. The number of thiazole rings is 1. The molecule has 1 aromatic carbocycles. The molecule has 0 fully saturated rings. The minimum absolute atomic E-state index is 0.0996. The molecule has 0 radical (unpaired) electrons. The minimum atomic E-state index is -0.231. The van der Waals surface area contributed by atoms with Crippen LogP contribution in [-0.4, -0.2) is 26.8 Å². The van der Waals surface area contributed by atoms with E-state index >= 15 is 0 Å². The number of nitrogens with one attached hydrogen (secondary N) is 3. The van der Waals surface area contributed by atoms with Crippen molar-refractivity contribution in [2.75, 3.05) is 10.6 Å². The molecule has 0 aliphatic heterocycles. The average Bonchev–Trinajstić information content (AvgIpc) is 3.34. The summed E-state index contributed by atoms with van der Waals surface area (Å²) in [6.45, 7) is 0. The van der Waals surface area contributed by atoms with Crippen molar-refractivity contribution in [3.8, 4) is 0 Å². The van der Waals surface area contributed by atoms with Crippen LogP contribution in [-0.2, 0) is 11.2 Å². The number of anilines is 2. The molecule has 7 nitrogen and oxygen atoms in total. The number of aromatic amines is 1. The minimum Gasteiger partial charge on any atom is -0.324 e. The average molecular weight is 383 g/mol. The first-order chi connectivity index (χ1) is 12.7. The van der Waals surface area contributed by atoms with Crippen LogP contribution in [0.2, 0.25) is 0 Å². The maximum Gasteiger partial charge on any atom is 0.267 e. The van der Waals surface area contributed by atoms with E-state index in [0.29, 0.717) is 21.7 Å². The number of thiophene rings is 1. The first kappa shape index (κ1) is 16.4. The summed E-state index contributed by atoms with van der Waals surface area (Å²) < 4.78 is 0. The van der Waals surface area contributed by atoms with Crippen molar-refractivity contribution in [1.82, 2.24) is 15.0 Å². The molecular formula is C17H13N5O2S2. The number of nitrogens with zero attached hydrogens (tertiary/aromatic N) is 2. The number of imidazole rings is 1. The van der Waals surface area contributed by atoms with E-state index in [4.69, 9.17) is 0 Å². The van der Waals surface area contributed by atoms with E-state index in [9.17, 15) is 9.59 Å². The van der Waals surface area contributed by atoms with Crippen LogP contribution in [0.25, 0.3) is 11.0 Å². The van der Waals surface area contributed by atoms with Crippen LogP contribution in [0.1, 0.15) is 15.4 Å². The lowest BCUT2D eigenvalue weighted by Gasteiger charge is -2.00. The van der Waals surface area contributed by atoms with Crippen molar-refractivity contribution in [3.05, 3.63) is 57.7 Å². The Morgan fingerprint density at radius 3 is 2.73 bits per heavy atom. The maximum atomic E-state index is 12.2. The van der Waals surface area contributed by atoms with Gasteiger partial charge in [0.05, 0.1) is 28.0 Å². The second-order valence-electron chi connectivity index (χ2n) is 5.40. The van der Waals surface area contributed by atoms with Crippen molar-refractivity contribution in [3.63, 3.8) is 0 Å².